The molecule has 1 aliphatic heterocycles. The summed E-state index contributed by atoms with van der Waals surface area (Å²) in [6.45, 7) is 1.96. The third-order valence-electron chi connectivity index (χ3n) is 5.10. The minimum Gasteiger partial charge on any atom is -0.481 e. The Hall–Kier alpha value is -2.08. The predicted molar refractivity (Wildman–Crippen MR) is 92.4 cm³/mol. The highest BCUT2D eigenvalue weighted by molar-refractivity contribution is 6.30. The predicted octanol–water partition coefficient (Wildman–Crippen LogP) is 2.13. The van der Waals surface area contributed by atoms with Gasteiger partial charge in [-0.1, -0.05) is 11.6 Å². The van der Waals surface area contributed by atoms with Crippen LogP contribution in [0.4, 0.5) is 0 Å². The zero-order valence-corrected chi connectivity index (χ0v) is 14.6. The maximum atomic E-state index is 12.6. The molecule has 3 rings (SSSR count). The molecule has 0 radical (unpaired) electrons. The summed E-state index contributed by atoms with van der Waals surface area (Å²) in [6.07, 6.45) is 1.64. The summed E-state index contributed by atoms with van der Waals surface area (Å²) in [5, 5.41) is 9.65. The van der Waals surface area contributed by atoms with Crippen LogP contribution in [0.5, 0.6) is 0 Å². The van der Waals surface area contributed by atoms with Gasteiger partial charge in [-0.15, -0.1) is 0 Å². The van der Waals surface area contributed by atoms with Crippen molar-refractivity contribution in [1.29, 1.82) is 0 Å². The van der Waals surface area contributed by atoms with E-state index in [1.165, 1.54) is 0 Å². The van der Waals surface area contributed by atoms with Crippen molar-refractivity contribution in [2.45, 2.75) is 19.3 Å². The maximum Gasteiger partial charge on any atom is 0.306 e. The van der Waals surface area contributed by atoms with Crippen LogP contribution in [0, 0.1) is 11.8 Å². The van der Waals surface area contributed by atoms with Gasteiger partial charge in [-0.3, -0.25) is 14.4 Å². The first-order valence-corrected chi connectivity index (χ1v) is 8.90. The molecule has 1 N–H and O–H groups in total. The Labute approximate surface area is 151 Å². The van der Waals surface area contributed by atoms with Crippen LogP contribution in [0.1, 0.15) is 29.6 Å². The summed E-state index contributed by atoms with van der Waals surface area (Å²) in [6, 6.07) is 6.78. The van der Waals surface area contributed by atoms with E-state index in [0.717, 1.165) is 0 Å². The molecule has 0 aromatic heterocycles. The molecule has 2 aliphatic rings. The molecule has 1 aromatic carbocycles. The standard InChI is InChI=1S/C18H21ClN2O4/c19-15-5-3-12(4-6-15)16(22)20-7-9-21(10-8-20)17(23)13-1-2-14(11-13)18(24)25/h3-6,13-14H,1-2,7-11H2,(H,24,25)/t13-,14+/m0/s1. The number of hydrogen-bond donors (Lipinski definition) is 1. The van der Waals surface area contributed by atoms with E-state index in [0.29, 0.717) is 56.0 Å². The summed E-state index contributed by atoms with van der Waals surface area (Å²) in [4.78, 5) is 39.6. The first-order valence-electron chi connectivity index (χ1n) is 8.52. The van der Waals surface area contributed by atoms with Gasteiger partial charge in [-0.25, -0.2) is 0 Å². The number of rotatable bonds is 3. The molecular formula is C18H21ClN2O4. The third-order valence-corrected chi connectivity index (χ3v) is 5.35. The summed E-state index contributed by atoms with van der Waals surface area (Å²) in [5.74, 6) is -1.44. The highest BCUT2D eigenvalue weighted by Crippen LogP contribution is 2.32. The maximum absolute atomic E-state index is 12.6. The monoisotopic (exact) mass is 364 g/mol. The smallest absolute Gasteiger partial charge is 0.306 e. The molecule has 2 amide bonds. The second-order valence-electron chi connectivity index (χ2n) is 6.67. The number of piperazine rings is 1. The molecule has 2 fully saturated rings. The Balaban J connectivity index is 1.53. The fraction of sp³-hybridized carbons (Fsp3) is 0.500. The van der Waals surface area contributed by atoms with E-state index in [-0.39, 0.29) is 17.7 Å². The molecule has 0 bridgehead atoms. The summed E-state index contributed by atoms with van der Waals surface area (Å²) >= 11 is 5.84. The van der Waals surface area contributed by atoms with Gasteiger partial charge in [0.25, 0.3) is 5.91 Å². The molecule has 1 heterocycles. The Kier molecular flexibility index (Phi) is 5.27. The number of amides is 2. The van der Waals surface area contributed by atoms with Gasteiger partial charge < -0.3 is 14.9 Å². The SMILES string of the molecule is O=C(O)[C@@H]1CC[C@H](C(=O)N2CCN(C(=O)c3ccc(Cl)cc3)CC2)C1. The molecule has 1 saturated carbocycles. The van der Waals surface area contributed by atoms with Crippen molar-refractivity contribution in [3.63, 3.8) is 0 Å². The fourth-order valence-electron chi connectivity index (χ4n) is 3.59. The Bertz CT molecular complexity index is 668. The zero-order chi connectivity index (χ0) is 18.0. The number of hydrogen-bond acceptors (Lipinski definition) is 3. The third kappa shape index (κ3) is 3.95. The van der Waals surface area contributed by atoms with Crippen LogP contribution >= 0.6 is 11.6 Å². The van der Waals surface area contributed by atoms with E-state index in [4.69, 9.17) is 16.7 Å². The van der Waals surface area contributed by atoms with E-state index in [9.17, 15) is 14.4 Å². The lowest BCUT2D eigenvalue weighted by atomic mass is 10.0. The van der Waals surface area contributed by atoms with Crippen molar-refractivity contribution >= 4 is 29.4 Å². The van der Waals surface area contributed by atoms with Gasteiger partial charge in [0.1, 0.15) is 0 Å². The lowest BCUT2D eigenvalue weighted by Gasteiger charge is -2.36. The van der Waals surface area contributed by atoms with Crippen LogP contribution in [-0.4, -0.2) is 58.9 Å². The van der Waals surface area contributed by atoms with Crippen molar-refractivity contribution in [2.24, 2.45) is 11.8 Å². The normalized spacial score (nSPS) is 23.6. The van der Waals surface area contributed by atoms with Gasteiger partial charge in [0.2, 0.25) is 5.91 Å². The van der Waals surface area contributed by atoms with Crippen LogP contribution in [0.2, 0.25) is 5.02 Å². The van der Waals surface area contributed by atoms with Crippen LogP contribution < -0.4 is 0 Å². The van der Waals surface area contributed by atoms with E-state index in [2.05, 4.69) is 0 Å². The van der Waals surface area contributed by atoms with E-state index in [1.807, 2.05) is 0 Å². The summed E-state index contributed by atoms with van der Waals surface area (Å²) in [5.41, 5.74) is 0.587. The summed E-state index contributed by atoms with van der Waals surface area (Å²) < 4.78 is 0. The van der Waals surface area contributed by atoms with Crippen molar-refractivity contribution in [2.75, 3.05) is 26.2 Å². The minimum atomic E-state index is -0.811. The topological polar surface area (TPSA) is 77.9 Å². The molecule has 134 valence electrons. The molecule has 0 unspecified atom stereocenters. The molecule has 1 aromatic rings. The first-order chi connectivity index (χ1) is 12.0. The Morgan fingerprint density at radius 1 is 0.920 bits per heavy atom. The molecule has 1 aliphatic carbocycles. The van der Waals surface area contributed by atoms with Crippen LogP contribution in [0.3, 0.4) is 0 Å². The van der Waals surface area contributed by atoms with Gasteiger partial charge in [0, 0.05) is 42.7 Å². The minimum absolute atomic E-state index is 0.0299. The molecule has 25 heavy (non-hydrogen) atoms. The lowest BCUT2D eigenvalue weighted by Crippen LogP contribution is -2.51. The van der Waals surface area contributed by atoms with Crippen LogP contribution in [0.15, 0.2) is 24.3 Å². The highest BCUT2D eigenvalue weighted by atomic mass is 35.5. The average molecular weight is 365 g/mol. The highest BCUT2D eigenvalue weighted by Gasteiger charge is 2.37. The van der Waals surface area contributed by atoms with Crippen LogP contribution in [0.25, 0.3) is 0 Å². The molecule has 0 spiro atoms. The first kappa shape index (κ1) is 17.7. The number of benzene rings is 1. The molecule has 2 atom stereocenters. The molecular weight excluding hydrogens is 344 g/mol. The molecule has 6 nitrogen and oxygen atoms in total. The van der Waals surface area contributed by atoms with Gasteiger partial charge >= 0.3 is 5.97 Å². The summed E-state index contributed by atoms with van der Waals surface area (Å²) in [7, 11) is 0. The van der Waals surface area contributed by atoms with Crippen molar-refractivity contribution < 1.29 is 19.5 Å². The Morgan fingerprint density at radius 3 is 2.04 bits per heavy atom. The zero-order valence-electron chi connectivity index (χ0n) is 13.9. The van der Waals surface area contributed by atoms with Crippen molar-refractivity contribution in [3.8, 4) is 0 Å². The molecule has 1 saturated heterocycles. The van der Waals surface area contributed by atoms with Crippen molar-refractivity contribution in [1.82, 2.24) is 9.80 Å². The van der Waals surface area contributed by atoms with E-state index < -0.39 is 11.9 Å². The van der Waals surface area contributed by atoms with Gasteiger partial charge in [-0.05, 0) is 43.5 Å². The number of carbonyl (C=O) groups excluding carboxylic acids is 2. The number of nitrogens with zero attached hydrogens (tertiary/aromatic N) is 2. The number of carboxylic acids is 1. The van der Waals surface area contributed by atoms with Crippen molar-refractivity contribution in [3.05, 3.63) is 34.9 Å². The van der Waals surface area contributed by atoms with Gasteiger partial charge in [-0.2, -0.15) is 0 Å². The Morgan fingerprint density at radius 2 is 1.48 bits per heavy atom. The van der Waals surface area contributed by atoms with E-state index in [1.54, 1.807) is 34.1 Å². The number of halogens is 1. The lowest BCUT2D eigenvalue weighted by molar-refractivity contribution is -0.142. The number of aliphatic carboxylic acids is 1. The van der Waals surface area contributed by atoms with Gasteiger partial charge in [0.05, 0.1) is 5.92 Å². The quantitative estimate of drug-likeness (QED) is 0.891. The fourth-order valence-corrected chi connectivity index (χ4v) is 3.72. The van der Waals surface area contributed by atoms with Gasteiger partial charge in [0.15, 0.2) is 0 Å². The van der Waals surface area contributed by atoms with Crippen LogP contribution in [-0.2, 0) is 9.59 Å². The molecule has 7 heteroatoms. The largest absolute Gasteiger partial charge is 0.481 e. The van der Waals surface area contributed by atoms with E-state index >= 15 is 0 Å². The number of carboxylic acid groups (broad SMARTS) is 1. The second kappa shape index (κ2) is 7.44. The number of carbonyl (C=O) groups is 3. The second-order valence-corrected chi connectivity index (χ2v) is 7.11. The average Bonchev–Trinajstić information content (AvgIpc) is 3.12.